The van der Waals surface area contributed by atoms with E-state index in [0.717, 1.165) is 18.5 Å². The van der Waals surface area contributed by atoms with Gasteiger partial charge in [-0.15, -0.1) is 0 Å². The zero-order valence-electron chi connectivity index (χ0n) is 10.8. The Labute approximate surface area is 104 Å². The lowest BCUT2D eigenvalue weighted by atomic mass is 10.1. The number of hydrogen-bond acceptors (Lipinski definition) is 1. The zero-order valence-corrected chi connectivity index (χ0v) is 10.8. The van der Waals surface area contributed by atoms with E-state index in [1.165, 1.54) is 5.56 Å². The standard InChI is InChI=1S/C15H21NO/c1-4-16(12-13(2)3)15(17)11-10-14-8-6-5-7-9-14/h5-9H,2,4,10-12H2,1,3H3. The van der Waals surface area contributed by atoms with Crippen LogP contribution in [-0.2, 0) is 11.2 Å². The summed E-state index contributed by atoms with van der Waals surface area (Å²) in [5.41, 5.74) is 2.24. The molecule has 2 heteroatoms. The molecule has 0 aliphatic heterocycles. The molecule has 0 heterocycles. The van der Waals surface area contributed by atoms with E-state index in [1.54, 1.807) is 0 Å². The molecule has 0 spiro atoms. The van der Waals surface area contributed by atoms with E-state index in [-0.39, 0.29) is 5.91 Å². The van der Waals surface area contributed by atoms with Crippen molar-refractivity contribution in [3.8, 4) is 0 Å². The maximum absolute atomic E-state index is 12.0. The number of rotatable bonds is 6. The predicted octanol–water partition coefficient (Wildman–Crippen LogP) is 3.04. The number of nitrogens with zero attached hydrogens (tertiary/aromatic N) is 1. The molecule has 92 valence electrons. The molecule has 0 aliphatic rings. The highest BCUT2D eigenvalue weighted by Crippen LogP contribution is 2.06. The molecule has 1 aromatic rings. The molecule has 0 N–H and O–H groups in total. The van der Waals surface area contributed by atoms with Gasteiger partial charge in [0, 0.05) is 19.5 Å². The third kappa shape index (κ3) is 4.85. The Morgan fingerprint density at radius 1 is 1.29 bits per heavy atom. The maximum atomic E-state index is 12.0. The SMILES string of the molecule is C=C(C)CN(CC)C(=O)CCc1ccccc1. The van der Waals surface area contributed by atoms with Gasteiger partial charge in [-0.25, -0.2) is 0 Å². The summed E-state index contributed by atoms with van der Waals surface area (Å²) in [4.78, 5) is 13.8. The second-order valence-corrected chi connectivity index (χ2v) is 4.35. The highest BCUT2D eigenvalue weighted by molar-refractivity contribution is 5.76. The minimum atomic E-state index is 0.208. The molecule has 0 aliphatic carbocycles. The smallest absolute Gasteiger partial charge is 0.223 e. The van der Waals surface area contributed by atoms with E-state index in [1.807, 2.05) is 36.9 Å². The summed E-state index contributed by atoms with van der Waals surface area (Å²) >= 11 is 0. The van der Waals surface area contributed by atoms with Gasteiger partial charge in [0.1, 0.15) is 0 Å². The molecule has 0 fully saturated rings. The predicted molar refractivity (Wildman–Crippen MR) is 71.8 cm³/mol. The molecule has 0 atom stereocenters. The Bertz CT molecular complexity index is 370. The van der Waals surface area contributed by atoms with Crippen molar-refractivity contribution >= 4 is 5.91 Å². The molecule has 2 nitrogen and oxygen atoms in total. The van der Waals surface area contributed by atoms with E-state index in [9.17, 15) is 4.79 Å². The van der Waals surface area contributed by atoms with Crippen LogP contribution in [0.25, 0.3) is 0 Å². The maximum Gasteiger partial charge on any atom is 0.223 e. The molecule has 0 aromatic heterocycles. The van der Waals surface area contributed by atoms with E-state index in [4.69, 9.17) is 0 Å². The Balaban J connectivity index is 2.45. The lowest BCUT2D eigenvalue weighted by Crippen LogP contribution is -2.32. The minimum absolute atomic E-state index is 0.208. The van der Waals surface area contributed by atoms with Crippen molar-refractivity contribution in [2.75, 3.05) is 13.1 Å². The molecule has 1 rings (SSSR count). The summed E-state index contributed by atoms with van der Waals surface area (Å²) in [6.07, 6.45) is 1.39. The molecule has 1 aromatic carbocycles. The average Bonchev–Trinajstić information content (AvgIpc) is 2.34. The first kappa shape index (κ1) is 13.5. The number of carbonyl (C=O) groups is 1. The number of carbonyl (C=O) groups excluding carboxylic acids is 1. The fourth-order valence-corrected chi connectivity index (χ4v) is 1.76. The molecule has 0 radical (unpaired) electrons. The fraction of sp³-hybridized carbons (Fsp3) is 0.400. The van der Waals surface area contributed by atoms with Crippen molar-refractivity contribution in [2.24, 2.45) is 0 Å². The number of aryl methyl sites for hydroxylation is 1. The first-order valence-electron chi connectivity index (χ1n) is 6.09. The van der Waals surface area contributed by atoms with Crippen molar-refractivity contribution in [2.45, 2.75) is 26.7 Å². The van der Waals surface area contributed by atoms with Crippen LogP contribution in [0.5, 0.6) is 0 Å². The summed E-state index contributed by atoms with van der Waals surface area (Å²) in [7, 11) is 0. The Hall–Kier alpha value is -1.57. The van der Waals surface area contributed by atoms with Gasteiger partial charge in [0.05, 0.1) is 0 Å². The zero-order chi connectivity index (χ0) is 12.7. The van der Waals surface area contributed by atoms with Crippen LogP contribution in [0.4, 0.5) is 0 Å². The van der Waals surface area contributed by atoms with Gasteiger partial charge >= 0.3 is 0 Å². The lowest BCUT2D eigenvalue weighted by molar-refractivity contribution is -0.130. The van der Waals surface area contributed by atoms with Crippen LogP contribution >= 0.6 is 0 Å². The quantitative estimate of drug-likeness (QED) is 0.689. The fourth-order valence-electron chi connectivity index (χ4n) is 1.76. The largest absolute Gasteiger partial charge is 0.339 e. The minimum Gasteiger partial charge on any atom is -0.339 e. The summed E-state index contributed by atoms with van der Waals surface area (Å²) < 4.78 is 0. The van der Waals surface area contributed by atoms with Gasteiger partial charge in [-0.1, -0.05) is 42.5 Å². The van der Waals surface area contributed by atoms with Crippen LogP contribution in [-0.4, -0.2) is 23.9 Å². The van der Waals surface area contributed by atoms with Crippen LogP contribution in [0.2, 0.25) is 0 Å². The van der Waals surface area contributed by atoms with Crippen molar-refractivity contribution in [1.82, 2.24) is 4.90 Å². The van der Waals surface area contributed by atoms with Gasteiger partial charge in [-0.3, -0.25) is 4.79 Å². The Morgan fingerprint density at radius 2 is 1.94 bits per heavy atom. The van der Waals surface area contributed by atoms with Crippen molar-refractivity contribution in [1.29, 1.82) is 0 Å². The summed E-state index contributed by atoms with van der Waals surface area (Å²) in [6.45, 7) is 9.23. The van der Waals surface area contributed by atoms with Crippen LogP contribution in [0.3, 0.4) is 0 Å². The second-order valence-electron chi connectivity index (χ2n) is 4.35. The molecule has 0 bridgehead atoms. The van der Waals surface area contributed by atoms with Crippen molar-refractivity contribution in [3.05, 3.63) is 48.0 Å². The lowest BCUT2D eigenvalue weighted by Gasteiger charge is -2.20. The highest BCUT2D eigenvalue weighted by Gasteiger charge is 2.11. The van der Waals surface area contributed by atoms with E-state index in [2.05, 4.69) is 18.7 Å². The molecule has 0 saturated heterocycles. The third-order valence-corrected chi connectivity index (χ3v) is 2.67. The molecule has 17 heavy (non-hydrogen) atoms. The Morgan fingerprint density at radius 3 is 2.47 bits per heavy atom. The normalized spacial score (nSPS) is 10.0. The van der Waals surface area contributed by atoms with E-state index >= 15 is 0 Å². The van der Waals surface area contributed by atoms with Gasteiger partial charge in [0.15, 0.2) is 0 Å². The molecule has 0 saturated carbocycles. The number of likely N-dealkylation sites (N-methyl/N-ethyl adjacent to an activating group) is 1. The van der Waals surface area contributed by atoms with Crippen LogP contribution in [0.1, 0.15) is 25.8 Å². The molecular formula is C15H21NO. The highest BCUT2D eigenvalue weighted by atomic mass is 16.2. The van der Waals surface area contributed by atoms with Gasteiger partial charge in [-0.2, -0.15) is 0 Å². The summed E-state index contributed by atoms with van der Waals surface area (Å²) in [6, 6.07) is 10.1. The third-order valence-electron chi connectivity index (χ3n) is 2.67. The second kappa shape index (κ2) is 6.89. The van der Waals surface area contributed by atoms with E-state index < -0.39 is 0 Å². The first-order valence-corrected chi connectivity index (χ1v) is 6.09. The average molecular weight is 231 g/mol. The van der Waals surface area contributed by atoms with Crippen LogP contribution in [0, 0.1) is 0 Å². The van der Waals surface area contributed by atoms with Gasteiger partial charge in [-0.05, 0) is 25.8 Å². The molecular weight excluding hydrogens is 210 g/mol. The Kier molecular flexibility index (Phi) is 5.47. The first-order chi connectivity index (χ1) is 8.13. The van der Waals surface area contributed by atoms with Gasteiger partial charge in [0.25, 0.3) is 0 Å². The summed E-state index contributed by atoms with van der Waals surface area (Å²) in [5.74, 6) is 0.208. The number of benzene rings is 1. The topological polar surface area (TPSA) is 20.3 Å². The van der Waals surface area contributed by atoms with Crippen LogP contribution < -0.4 is 0 Å². The monoisotopic (exact) mass is 231 g/mol. The van der Waals surface area contributed by atoms with Gasteiger partial charge < -0.3 is 4.90 Å². The van der Waals surface area contributed by atoms with Crippen LogP contribution in [0.15, 0.2) is 42.5 Å². The molecule has 0 unspecified atom stereocenters. The van der Waals surface area contributed by atoms with E-state index in [0.29, 0.717) is 13.0 Å². The summed E-state index contributed by atoms with van der Waals surface area (Å²) in [5, 5.41) is 0. The number of hydrogen-bond donors (Lipinski definition) is 0. The molecule has 1 amide bonds. The van der Waals surface area contributed by atoms with Gasteiger partial charge in [0.2, 0.25) is 5.91 Å². The van der Waals surface area contributed by atoms with Crippen molar-refractivity contribution < 1.29 is 4.79 Å². The van der Waals surface area contributed by atoms with Crippen molar-refractivity contribution in [3.63, 3.8) is 0 Å². The number of amides is 1.